The number of nitrogens with zero attached hydrogens (tertiary/aromatic N) is 3. The van der Waals surface area contributed by atoms with Crippen LogP contribution in [0.15, 0.2) is 0 Å². The van der Waals surface area contributed by atoms with Crippen LogP contribution in [0.5, 0.6) is 0 Å². The molecule has 5 heteroatoms. The van der Waals surface area contributed by atoms with Crippen molar-refractivity contribution in [3.63, 3.8) is 0 Å². The zero-order chi connectivity index (χ0) is 12.2. The Balaban J connectivity index is 1.49. The second kappa shape index (κ2) is 5.80. The third kappa shape index (κ3) is 2.72. The van der Waals surface area contributed by atoms with Crippen LogP contribution in [0.4, 0.5) is 0 Å². The van der Waals surface area contributed by atoms with Crippen molar-refractivity contribution in [2.75, 3.05) is 13.2 Å². The fraction of sp³-hybridized carbons (Fsp3) is 0.846. The van der Waals surface area contributed by atoms with Crippen molar-refractivity contribution in [1.82, 2.24) is 20.1 Å². The van der Waals surface area contributed by atoms with Crippen LogP contribution >= 0.6 is 0 Å². The number of fused-ring (bicyclic) bond motifs is 1. The minimum atomic E-state index is 0.391. The highest BCUT2D eigenvalue weighted by atomic mass is 16.5. The molecule has 0 aromatic carbocycles. The molecule has 1 aromatic rings. The molecule has 1 fully saturated rings. The van der Waals surface area contributed by atoms with Crippen molar-refractivity contribution in [2.24, 2.45) is 0 Å². The Morgan fingerprint density at radius 3 is 3.11 bits per heavy atom. The van der Waals surface area contributed by atoms with Gasteiger partial charge in [-0.1, -0.05) is 0 Å². The standard InChI is InChI=1S/C13H22N4O/c1-3-7-17-12(6-1)15-16-13(17)10-14-9-11-5-2-4-8-18-11/h11,14H,1-10H2. The molecule has 0 amide bonds. The highest BCUT2D eigenvalue weighted by molar-refractivity contribution is 4.98. The summed E-state index contributed by atoms with van der Waals surface area (Å²) in [5, 5.41) is 12.0. The van der Waals surface area contributed by atoms with Gasteiger partial charge in [0.2, 0.25) is 0 Å². The van der Waals surface area contributed by atoms with Gasteiger partial charge in [0.25, 0.3) is 0 Å². The largest absolute Gasteiger partial charge is 0.377 e. The summed E-state index contributed by atoms with van der Waals surface area (Å²) in [6.07, 6.45) is 7.68. The molecule has 1 unspecified atom stereocenters. The molecule has 1 aromatic heterocycles. The van der Waals surface area contributed by atoms with E-state index in [0.29, 0.717) is 6.10 Å². The number of aryl methyl sites for hydroxylation is 1. The summed E-state index contributed by atoms with van der Waals surface area (Å²) in [5.74, 6) is 2.24. The van der Waals surface area contributed by atoms with E-state index in [1.54, 1.807) is 0 Å². The molecule has 1 atom stereocenters. The van der Waals surface area contributed by atoms with Gasteiger partial charge in [0.1, 0.15) is 11.6 Å². The minimum Gasteiger partial charge on any atom is -0.377 e. The maximum absolute atomic E-state index is 5.70. The summed E-state index contributed by atoms with van der Waals surface area (Å²) in [6.45, 7) is 3.75. The van der Waals surface area contributed by atoms with E-state index in [9.17, 15) is 0 Å². The molecule has 5 nitrogen and oxygen atoms in total. The second-order valence-corrected chi connectivity index (χ2v) is 5.26. The minimum absolute atomic E-state index is 0.391. The average Bonchev–Trinajstić information content (AvgIpc) is 2.84. The van der Waals surface area contributed by atoms with Gasteiger partial charge in [-0.3, -0.25) is 0 Å². The van der Waals surface area contributed by atoms with Crippen molar-refractivity contribution in [2.45, 2.75) is 57.7 Å². The van der Waals surface area contributed by atoms with E-state index < -0.39 is 0 Å². The van der Waals surface area contributed by atoms with Crippen LogP contribution in [0.25, 0.3) is 0 Å². The summed E-state index contributed by atoms with van der Waals surface area (Å²) in [4.78, 5) is 0. The number of hydrogen-bond donors (Lipinski definition) is 1. The molecule has 0 aliphatic carbocycles. The summed E-state index contributed by atoms with van der Waals surface area (Å²) in [5.41, 5.74) is 0. The van der Waals surface area contributed by atoms with Gasteiger partial charge in [-0.25, -0.2) is 0 Å². The van der Waals surface area contributed by atoms with Crippen LogP contribution in [0, 0.1) is 0 Å². The van der Waals surface area contributed by atoms with E-state index in [1.165, 1.54) is 32.1 Å². The van der Waals surface area contributed by atoms with E-state index >= 15 is 0 Å². The topological polar surface area (TPSA) is 52.0 Å². The van der Waals surface area contributed by atoms with E-state index in [4.69, 9.17) is 4.74 Å². The highest BCUT2D eigenvalue weighted by Crippen LogP contribution is 2.14. The third-order valence-corrected chi connectivity index (χ3v) is 3.87. The monoisotopic (exact) mass is 250 g/mol. The SMILES string of the molecule is C1CCC(CNCc2nnc3n2CCCC3)OC1. The lowest BCUT2D eigenvalue weighted by molar-refractivity contribution is 0.0166. The highest BCUT2D eigenvalue weighted by Gasteiger charge is 2.16. The van der Waals surface area contributed by atoms with Crippen LogP contribution in [0.2, 0.25) is 0 Å². The smallest absolute Gasteiger partial charge is 0.147 e. The lowest BCUT2D eigenvalue weighted by Gasteiger charge is -2.23. The van der Waals surface area contributed by atoms with Crippen LogP contribution < -0.4 is 5.32 Å². The zero-order valence-electron chi connectivity index (χ0n) is 10.9. The molecule has 100 valence electrons. The van der Waals surface area contributed by atoms with Crippen molar-refractivity contribution in [3.05, 3.63) is 11.6 Å². The van der Waals surface area contributed by atoms with Gasteiger partial charge in [0.15, 0.2) is 0 Å². The molecular weight excluding hydrogens is 228 g/mol. The summed E-state index contributed by atoms with van der Waals surface area (Å²) in [6, 6.07) is 0. The number of ether oxygens (including phenoxy) is 1. The quantitative estimate of drug-likeness (QED) is 0.874. The number of rotatable bonds is 4. The van der Waals surface area contributed by atoms with E-state index in [0.717, 1.165) is 44.3 Å². The van der Waals surface area contributed by atoms with Crippen molar-refractivity contribution in [1.29, 1.82) is 0 Å². The molecule has 1 N–H and O–H groups in total. The molecule has 1 saturated heterocycles. The average molecular weight is 250 g/mol. The maximum atomic E-state index is 5.70. The first kappa shape index (κ1) is 12.1. The zero-order valence-corrected chi connectivity index (χ0v) is 10.9. The van der Waals surface area contributed by atoms with Gasteiger partial charge in [-0.15, -0.1) is 10.2 Å². The summed E-state index contributed by atoms with van der Waals surface area (Å²) < 4.78 is 7.98. The van der Waals surface area contributed by atoms with Gasteiger partial charge in [-0.05, 0) is 32.1 Å². The number of nitrogens with one attached hydrogen (secondary N) is 1. The normalized spacial score (nSPS) is 23.9. The van der Waals surface area contributed by atoms with Crippen molar-refractivity contribution >= 4 is 0 Å². The van der Waals surface area contributed by atoms with Crippen LogP contribution in [0.3, 0.4) is 0 Å². The molecule has 3 heterocycles. The molecule has 3 rings (SSSR count). The first-order valence-electron chi connectivity index (χ1n) is 7.17. The Bertz CT molecular complexity index is 384. The van der Waals surface area contributed by atoms with Gasteiger partial charge in [0, 0.05) is 26.1 Å². The second-order valence-electron chi connectivity index (χ2n) is 5.26. The molecule has 2 aliphatic heterocycles. The third-order valence-electron chi connectivity index (χ3n) is 3.87. The molecular formula is C13H22N4O. The van der Waals surface area contributed by atoms with Gasteiger partial charge >= 0.3 is 0 Å². The molecule has 0 saturated carbocycles. The Labute approximate surface area is 108 Å². The van der Waals surface area contributed by atoms with E-state index in [1.807, 2.05) is 0 Å². The predicted molar refractivity (Wildman–Crippen MR) is 68.3 cm³/mol. The Morgan fingerprint density at radius 2 is 2.22 bits per heavy atom. The first-order chi connectivity index (χ1) is 8.93. The number of aromatic nitrogens is 3. The van der Waals surface area contributed by atoms with E-state index in [2.05, 4.69) is 20.1 Å². The van der Waals surface area contributed by atoms with Crippen molar-refractivity contribution < 1.29 is 4.74 Å². The Kier molecular flexibility index (Phi) is 3.90. The Hall–Kier alpha value is -0.940. The molecule has 0 spiro atoms. The summed E-state index contributed by atoms with van der Waals surface area (Å²) >= 11 is 0. The fourth-order valence-corrected chi connectivity index (χ4v) is 2.81. The first-order valence-corrected chi connectivity index (χ1v) is 7.17. The van der Waals surface area contributed by atoms with Crippen LogP contribution in [0.1, 0.15) is 43.8 Å². The lowest BCUT2D eigenvalue weighted by atomic mass is 10.1. The molecule has 0 bridgehead atoms. The van der Waals surface area contributed by atoms with E-state index in [-0.39, 0.29) is 0 Å². The molecule has 18 heavy (non-hydrogen) atoms. The van der Waals surface area contributed by atoms with Gasteiger partial charge in [-0.2, -0.15) is 0 Å². The predicted octanol–water partition coefficient (Wildman–Crippen LogP) is 1.27. The summed E-state index contributed by atoms with van der Waals surface area (Å²) in [7, 11) is 0. The van der Waals surface area contributed by atoms with Crippen molar-refractivity contribution in [3.8, 4) is 0 Å². The van der Waals surface area contributed by atoms with Crippen LogP contribution in [-0.4, -0.2) is 34.0 Å². The van der Waals surface area contributed by atoms with Gasteiger partial charge < -0.3 is 14.6 Å². The Morgan fingerprint density at radius 1 is 1.22 bits per heavy atom. The molecule has 2 aliphatic rings. The maximum Gasteiger partial charge on any atom is 0.147 e. The number of hydrogen-bond acceptors (Lipinski definition) is 4. The van der Waals surface area contributed by atoms with Gasteiger partial charge in [0.05, 0.1) is 12.6 Å². The fourth-order valence-electron chi connectivity index (χ4n) is 2.81. The molecule has 0 radical (unpaired) electrons. The van der Waals surface area contributed by atoms with Crippen LogP contribution in [-0.2, 0) is 24.2 Å². The lowest BCUT2D eigenvalue weighted by Crippen LogP contribution is -2.32.